The summed E-state index contributed by atoms with van der Waals surface area (Å²) in [6.07, 6.45) is 0. The Morgan fingerprint density at radius 1 is 1.00 bits per heavy atom. The number of hydrogen-bond donors (Lipinski definition) is 1. The summed E-state index contributed by atoms with van der Waals surface area (Å²) in [7, 11) is 0. The summed E-state index contributed by atoms with van der Waals surface area (Å²) in [6.45, 7) is 3.93. The normalized spacial score (nSPS) is 13.8. The number of carbonyl (C=O) groups is 1. The molecule has 20 heavy (non-hydrogen) atoms. The first-order chi connectivity index (χ1) is 9.58. The molecular weight excluding hydrogens is 270 g/mol. The zero-order valence-electron chi connectivity index (χ0n) is 11.6. The fourth-order valence-electron chi connectivity index (χ4n) is 2.15. The summed E-state index contributed by atoms with van der Waals surface area (Å²) in [5, 5.41) is 4.04. The number of halogens is 1. The Balaban J connectivity index is 2.02. The molecule has 0 fully saturated rings. The van der Waals surface area contributed by atoms with Crippen molar-refractivity contribution < 1.29 is 4.79 Å². The van der Waals surface area contributed by atoms with Crippen LogP contribution in [-0.4, -0.2) is 11.8 Å². The third-order valence-electron chi connectivity index (χ3n) is 3.32. The summed E-state index contributed by atoms with van der Waals surface area (Å²) in [5.41, 5.74) is 1.85. The monoisotopic (exact) mass is 287 g/mol. The molecule has 0 saturated heterocycles. The lowest BCUT2D eigenvalue weighted by Crippen LogP contribution is -2.35. The van der Waals surface area contributed by atoms with Crippen molar-refractivity contribution in [2.75, 3.05) is 0 Å². The van der Waals surface area contributed by atoms with Crippen LogP contribution in [0.15, 0.2) is 54.6 Å². The van der Waals surface area contributed by atoms with Crippen LogP contribution in [0.5, 0.6) is 0 Å². The number of carbonyl (C=O) groups excluding carboxylic acids is 1. The van der Waals surface area contributed by atoms with Crippen molar-refractivity contribution >= 4 is 17.4 Å². The zero-order chi connectivity index (χ0) is 14.5. The second kappa shape index (κ2) is 6.69. The first-order valence-electron chi connectivity index (χ1n) is 6.68. The van der Waals surface area contributed by atoms with Gasteiger partial charge in [0.1, 0.15) is 0 Å². The van der Waals surface area contributed by atoms with Gasteiger partial charge in [0.2, 0.25) is 0 Å². The van der Waals surface area contributed by atoms with E-state index in [0.29, 0.717) is 0 Å². The van der Waals surface area contributed by atoms with Crippen molar-refractivity contribution in [2.24, 2.45) is 0 Å². The van der Waals surface area contributed by atoms with E-state index in [1.807, 2.05) is 68.4 Å². The van der Waals surface area contributed by atoms with Crippen LogP contribution in [0.4, 0.5) is 0 Å². The van der Waals surface area contributed by atoms with E-state index in [1.54, 1.807) is 0 Å². The van der Waals surface area contributed by atoms with Crippen molar-refractivity contribution in [3.63, 3.8) is 0 Å². The molecule has 0 heterocycles. The van der Waals surface area contributed by atoms with E-state index in [9.17, 15) is 4.79 Å². The maximum Gasteiger partial charge on any atom is 0.179 e. The van der Waals surface area contributed by atoms with Gasteiger partial charge in [0.05, 0.1) is 6.04 Å². The van der Waals surface area contributed by atoms with Crippen LogP contribution in [0, 0.1) is 0 Å². The second-order valence-electron chi connectivity index (χ2n) is 4.89. The van der Waals surface area contributed by atoms with E-state index >= 15 is 0 Å². The van der Waals surface area contributed by atoms with E-state index in [0.717, 1.165) is 16.1 Å². The molecule has 0 aromatic heterocycles. The molecule has 1 N–H and O–H groups in total. The molecule has 1 unspecified atom stereocenters. The highest BCUT2D eigenvalue weighted by molar-refractivity contribution is 6.30. The molecule has 3 heteroatoms. The van der Waals surface area contributed by atoms with Gasteiger partial charge in [0, 0.05) is 16.6 Å². The van der Waals surface area contributed by atoms with Crippen LogP contribution in [0.25, 0.3) is 0 Å². The van der Waals surface area contributed by atoms with Gasteiger partial charge in [-0.05, 0) is 31.5 Å². The van der Waals surface area contributed by atoms with Gasteiger partial charge in [0.15, 0.2) is 5.78 Å². The second-order valence-corrected chi connectivity index (χ2v) is 5.33. The van der Waals surface area contributed by atoms with Gasteiger partial charge in [-0.15, -0.1) is 0 Å². The molecular formula is C17H18ClNO. The van der Waals surface area contributed by atoms with E-state index in [4.69, 9.17) is 11.6 Å². The van der Waals surface area contributed by atoms with Crippen molar-refractivity contribution in [1.29, 1.82) is 0 Å². The Kier molecular flexibility index (Phi) is 4.94. The fraction of sp³-hybridized carbons (Fsp3) is 0.235. The molecule has 0 aliphatic rings. The number of rotatable bonds is 5. The van der Waals surface area contributed by atoms with Crippen LogP contribution in [0.2, 0.25) is 5.02 Å². The summed E-state index contributed by atoms with van der Waals surface area (Å²) in [5.74, 6) is 0.103. The van der Waals surface area contributed by atoms with Crippen molar-refractivity contribution in [2.45, 2.75) is 25.9 Å². The van der Waals surface area contributed by atoms with Crippen LogP contribution in [0.3, 0.4) is 0 Å². The van der Waals surface area contributed by atoms with E-state index < -0.39 is 0 Å². The first-order valence-corrected chi connectivity index (χ1v) is 7.06. The van der Waals surface area contributed by atoms with Gasteiger partial charge in [-0.2, -0.15) is 0 Å². The van der Waals surface area contributed by atoms with Crippen LogP contribution in [0.1, 0.15) is 35.8 Å². The highest BCUT2D eigenvalue weighted by Crippen LogP contribution is 2.17. The summed E-state index contributed by atoms with van der Waals surface area (Å²) < 4.78 is 0. The van der Waals surface area contributed by atoms with Gasteiger partial charge in [-0.25, -0.2) is 0 Å². The lowest BCUT2D eigenvalue weighted by Gasteiger charge is -2.19. The molecule has 2 aromatic rings. The van der Waals surface area contributed by atoms with E-state index in [-0.39, 0.29) is 17.9 Å². The van der Waals surface area contributed by atoms with Gasteiger partial charge >= 0.3 is 0 Å². The Bertz CT molecular complexity index is 565. The smallest absolute Gasteiger partial charge is 0.179 e. The average molecular weight is 288 g/mol. The number of ketones is 1. The van der Waals surface area contributed by atoms with E-state index in [2.05, 4.69) is 5.32 Å². The molecule has 2 aromatic carbocycles. The van der Waals surface area contributed by atoms with E-state index in [1.165, 1.54) is 0 Å². The number of hydrogen-bond acceptors (Lipinski definition) is 2. The minimum atomic E-state index is -0.233. The lowest BCUT2D eigenvalue weighted by atomic mass is 10.0. The van der Waals surface area contributed by atoms with Crippen molar-refractivity contribution in [3.05, 3.63) is 70.7 Å². The van der Waals surface area contributed by atoms with Crippen LogP contribution >= 0.6 is 11.6 Å². The Labute approximate surface area is 124 Å². The van der Waals surface area contributed by atoms with Crippen molar-refractivity contribution in [1.82, 2.24) is 5.32 Å². The maximum absolute atomic E-state index is 12.3. The SMILES string of the molecule is CC(N[C@@H](C)c1ccc(Cl)cc1)C(=O)c1ccccc1. The minimum Gasteiger partial charge on any atom is -0.301 e. The third kappa shape index (κ3) is 3.69. The standard InChI is InChI=1S/C17H18ClNO/c1-12(14-8-10-16(18)11-9-14)19-13(2)17(20)15-6-4-3-5-7-15/h3-13,19H,1-2H3/t12-,13?/m0/s1. The topological polar surface area (TPSA) is 29.1 Å². The Morgan fingerprint density at radius 2 is 1.60 bits per heavy atom. The summed E-state index contributed by atoms with van der Waals surface area (Å²) in [4.78, 5) is 12.3. The molecule has 0 radical (unpaired) electrons. The van der Waals surface area contributed by atoms with Gasteiger partial charge in [-0.1, -0.05) is 54.1 Å². The molecule has 2 nitrogen and oxygen atoms in total. The zero-order valence-corrected chi connectivity index (χ0v) is 12.4. The molecule has 2 atom stereocenters. The van der Waals surface area contributed by atoms with Crippen LogP contribution in [-0.2, 0) is 0 Å². The van der Waals surface area contributed by atoms with Crippen molar-refractivity contribution in [3.8, 4) is 0 Å². The van der Waals surface area contributed by atoms with Crippen LogP contribution < -0.4 is 5.32 Å². The van der Waals surface area contributed by atoms with Gasteiger partial charge in [-0.3, -0.25) is 4.79 Å². The first kappa shape index (κ1) is 14.8. The Morgan fingerprint density at radius 3 is 2.20 bits per heavy atom. The molecule has 0 bridgehead atoms. The quantitative estimate of drug-likeness (QED) is 0.833. The average Bonchev–Trinajstić information content (AvgIpc) is 2.48. The highest BCUT2D eigenvalue weighted by Gasteiger charge is 2.17. The molecule has 0 aliphatic carbocycles. The summed E-state index contributed by atoms with van der Waals surface area (Å²) in [6, 6.07) is 16.9. The largest absolute Gasteiger partial charge is 0.301 e. The molecule has 0 saturated carbocycles. The number of benzene rings is 2. The maximum atomic E-state index is 12.3. The molecule has 2 rings (SSSR count). The van der Waals surface area contributed by atoms with Gasteiger partial charge < -0.3 is 5.32 Å². The number of nitrogens with one attached hydrogen (secondary N) is 1. The fourth-order valence-corrected chi connectivity index (χ4v) is 2.28. The minimum absolute atomic E-state index is 0.0925. The Hall–Kier alpha value is -1.64. The third-order valence-corrected chi connectivity index (χ3v) is 3.57. The predicted octanol–water partition coefficient (Wildman–Crippen LogP) is 4.26. The molecule has 0 amide bonds. The number of Topliss-reactive ketones (excluding diaryl/α,β-unsaturated/α-hetero) is 1. The lowest BCUT2D eigenvalue weighted by molar-refractivity contribution is 0.0945. The highest BCUT2D eigenvalue weighted by atomic mass is 35.5. The molecule has 0 aliphatic heterocycles. The predicted molar refractivity (Wildman–Crippen MR) is 83.2 cm³/mol. The van der Waals surface area contributed by atoms with Gasteiger partial charge in [0.25, 0.3) is 0 Å². The molecule has 0 spiro atoms. The molecule has 104 valence electrons. The summed E-state index contributed by atoms with van der Waals surface area (Å²) >= 11 is 5.88.